The number of benzene rings is 2. The molecular weight excluding hydrogens is 228 g/mol. The zero-order valence-corrected chi connectivity index (χ0v) is 9.95. The van der Waals surface area contributed by atoms with Gasteiger partial charge in [-0.25, -0.2) is 0 Å². The summed E-state index contributed by atoms with van der Waals surface area (Å²) in [6.45, 7) is 0. The molecule has 3 heteroatoms. The number of rotatable bonds is 1. The minimum atomic E-state index is 0.703. The maximum absolute atomic E-state index is 8.78. The molecule has 17 heavy (non-hydrogen) atoms. The molecule has 0 N–H and O–H groups in total. The van der Waals surface area contributed by atoms with Crippen LogP contribution in [0.3, 0.4) is 0 Å². The normalized spacial score (nSPS) is 13.2. The van der Waals surface area contributed by atoms with E-state index in [0.29, 0.717) is 5.56 Å². The summed E-state index contributed by atoms with van der Waals surface area (Å²) in [7, 11) is 0. The van der Waals surface area contributed by atoms with Gasteiger partial charge in [-0.2, -0.15) is 5.26 Å². The second-order valence-electron chi connectivity index (χ2n) is 3.83. The second-order valence-corrected chi connectivity index (χ2v) is 4.81. The third kappa shape index (κ3) is 1.77. The molecule has 2 aromatic rings. The number of hydrogen-bond acceptors (Lipinski definition) is 3. The van der Waals surface area contributed by atoms with E-state index in [9.17, 15) is 0 Å². The van der Waals surface area contributed by atoms with Crippen molar-refractivity contribution in [2.45, 2.75) is 4.90 Å². The Morgan fingerprint density at radius 1 is 1.06 bits per heavy atom. The van der Waals surface area contributed by atoms with Gasteiger partial charge in [-0.3, -0.25) is 0 Å². The molecule has 82 valence electrons. The standard InChI is InChI=1S/C14H10N2S/c15-9-11-5-7-12(8-6-11)16-10-17-14-4-2-1-3-13(14)16/h1-8H,10H2. The van der Waals surface area contributed by atoms with Crippen molar-refractivity contribution in [2.24, 2.45) is 0 Å². The first-order chi connectivity index (χ1) is 8.38. The van der Waals surface area contributed by atoms with Gasteiger partial charge in [-0.15, -0.1) is 11.8 Å². The number of nitrogens with zero attached hydrogens (tertiary/aromatic N) is 2. The molecule has 0 atom stereocenters. The summed E-state index contributed by atoms with van der Waals surface area (Å²) in [5, 5.41) is 8.78. The number of anilines is 2. The predicted molar refractivity (Wildman–Crippen MR) is 70.5 cm³/mol. The van der Waals surface area contributed by atoms with Crippen molar-refractivity contribution < 1.29 is 0 Å². The van der Waals surface area contributed by atoms with Crippen LogP contribution in [0.1, 0.15) is 5.56 Å². The van der Waals surface area contributed by atoms with Crippen LogP contribution in [-0.2, 0) is 0 Å². The topological polar surface area (TPSA) is 27.0 Å². The summed E-state index contributed by atoms with van der Waals surface area (Å²) in [4.78, 5) is 3.58. The van der Waals surface area contributed by atoms with Crippen LogP contribution in [0.5, 0.6) is 0 Å². The van der Waals surface area contributed by atoms with Gasteiger partial charge >= 0.3 is 0 Å². The Hall–Kier alpha value is -1.92. The van der Waals surface area contributed by atoms with E-state index >= 15 is 0 Å². The highest BCUT2D eigenvalue weighted by Gasteiger charge is 2.19. The van der Waals surface area contributed by atoms with Crippen molar-refractivity contribution >= 4 is 23.1 Å². The van der Waals surface area contributed by atoms with Crippen molar-refractivity contribution in [2.75, 3.05) is 10.8 Å². The maximum Gasteiger partial charge on any atom is 0.0991 e. The molecule has 0 saturated carbocycles. The Morgan fingerprint density at radius 2 is 1.82 bits per heavy atom. The lowest BCUT2D eigenvalue weighted by Crippen LogP contribution is -2.11. The van der Waals surface area contributed by atoms with Gasteiger partial charge in [0.1, 0.15) is 0 Å². The van der Waals surface area contributed by atoms with Gasteiger partial charge in [0.25, 0.3) is 0 Å². The van der Waals surface area contributed by atoms with Crippen LogP contribution in [0.4, 0.5) is 11.4 Å². The number of para-hydroxylation sites is 1. The molecule has 1 aliphatic heterocycles. The Kier molecular flexibility index (Phi) is 2.50. The first-order valence-corrected chi connectivity index (χ1v) is 6.36. The fraction of sp³-hybridized carbons (Fsp3) is 0.0714. The highest BCUT2D eigenvalue weighted by atomic mass is 32.2. The van der Waals surface area contributed by atoms with Crippen LogP contribution in [0.15, 0.2) is 53.4 Å². The molecule has 1 heterocycles. The molecule has 0 saturated heterocycles. The Morgan fingerprint density at radius 3 is 2.59 bits per heavy atom. The van der Waals surface area contributed by atoms with E-state index in [0.717, 1.165) is 11.6 Å². The molecule has 0 radical (unpaired) electrons. The molecule has 0 unspecified atom stereocenters. The van der Waals surface area contributed by atoms with E-state index < -0.39 is 0 Å². The predicted octanol–water partition coefficient (Wildman–Crippen LogP) is 3.76. The van der Waals surface area contributed by atoms with Gasteiger partial charge in [0.15, 0.2) is 0 Å². The van der Waals surface area contributed by atoms with E-state index in [-0.39, 0.29) is 0 Å². The largest absolute Gasteiger partial charge is 0.330 e. The lowest BCUT2D eigenvalue weighted by molar-refractivity contribution is 1.17. The summed E-state index contributed by atoms with van der Waals surface area (Å²) in [5.41, 5.74) is 3.09. The third-order valence-corrected chi connectivity index (χ3v) is 3.86. The van der Waals surface area contributed by atoms with Gasteiger partial charge in [-0.1, -0.05) is 12.1 Å². The van der Waals surface area contributed by atoms with E-state index in [1.165, 1.54) is 10.6 Å². The van der Waals surface area contributed by atoms with Crippen molar-refractivity contribution in [3.05, 3.63) is 54.1 Å². The SMILES string of the molecule is N#Cc1ccc(N2CSc3ccccc32)cc1. The summed E-state index contributed by atoms with van der Waals surface area (Å²) in [5.74, 6) is 0.936. The molecule has 0 amide bonds. The number of thioether (sulfide) groups is 1. The van der Waals surface area contributed by atoms with Crippen LogP contribution < -0.4 is 4.90 Å². The van der Waals surface area contributed by atoms with E-state index in [2.05, 4.69) is 35.2 Å². The quantitative estimate of drug-likeness (QED) is 0.757. The highest BCUT2D eigenvalue weighted by Crippen LogP contribution is 2.42. The number of nitriles is 1. The Labute approximate surface area is 104 Å². The van der Waals surface area contributed by atoms with Crippen LogP contribution >= 0.6 is 11.8 Å². The molecular formula is C14H10N2S. The van der Waals surface area contributed by atoms with E-state index in [1.807, 2.05) is 36.0 Å². The van der Waals surface area contributed by atoms with Crippen LogP contribution in [0.25, 0.3) is 0 Å². The van der Waals surface area contributed by atoms with Crippen LogP contribution in [0.2, 0.25) is 0 Å². The zero-order valence-electron chi connectivity index (χ0n) is 9.13. The third-order valence-electron chi connectivity index (χ3n) is 2.81. The van der Waals surface area contributed by atoms with Crippen molar-refractivity contribution in [3.8, 4) is 6.07 Å². The Bertz CT molecular complexity index is 584. The van der Waals surface area contributed by atoms with Crippen molar-refractivity contribution in [1.82, 2.24) is 0 Å². The number of fused-ring (bicyclic) bond motifs is 1. The molecule has 0 aromatic heterocycles. The average Bonchev–Trinajstić information content (AvgIpc) is 2.83. The van der Waals surface area contributed by atoms with Gasteiger partial charge in [0.2, 0.25) is 0 Å². The van der Waals surface area contributed by atoms with Crippen molar-refractivity contribution in [3.63, 3.8) is 0 Å². The zero-order chi connectivity index (χ0) is 11.7. The molecule has 0 bridgehead atoms. The lowest BCUT2D eigenvalue weighted by atomic mass is 10.2. The maximum atomic E-state index is 8.78. The minimum Gasteiger partial charge on any atom is -0.330 e. The fourth-order valence-electron chi connectivity index (χ4n) is 1.94. The molecule has 2 aromatic carbocycles. The van der Waals surface area contributed by atoms with Crippen LogP contribution in [-0.4, -0.2) is 5.88 Å². The van der Waals surface area contributed by atoms with Crippen molar-refractivity contribution in [1.29, 1.82) is 5.26 Å². The first kappa shape index (κ1) is 10.2. The monoisotopic (exact) mass is 238 g/mol. The van der Waals surface area contributed by atoms with Crippen LogP contribution in [0, 0.1) is 11.3 Å². The van der Waals surface area contributed by atoms with Gasteiger partial charge in [0.05, 0.1) is 23.2 Å². The summed E-state index contributed by atoms with van der Waals surface area (Å²) >= 11 is 1.84. The van der Waals surface area contributed by atoms with Gasteiger partial charge in [-0.05, 0) is 36.4 Å². The average molecular weight is 238 g/mol. The molecule has 0 fully saturated rings. The molecule has 0 spiro atoms. The molecule has 3 rings (SSSR count). The summed E-state index contributed by atoms with van der Waals surface area (Å²) in [6, 6.07) is 18.3. The van der Waals surface area contributed by atoms with E-state index in [1.54, 1.807) is 0 Å². The molecule has 2 nitrogen and oxygen atoms in total. The molecule has 1 aliphatic rings. The second kappa shape index (κ2) is 4.15. The summed E-state index contributed by atoms with van der Waals surface area (Å²) < 4.78 is 0. The fourth-order valence-corrected chi connectivity index (χ4v) is 2.99. The molecule has 0 aliphatic carbocycles. The van der Waals surface area contributed by atoms with E-state index in [4.69, 9.17) is 5.26 Å². The lowest BCUT2D eigenvalue weighted by Gasteiger charge is -2.18. The summed E-state index contributed by atoms with van der Waals surface area (Å²) in [6.07, 6.45) is 0. The smallest absolute Gasteiger partial charge is 0.0991 e. The first-order valence-electron chi connectivity index (χ1n) is 5.38. The Balaban J connectivity index is 1.99. The number of hydrogen-bond donors (Lipinski definition) is 0. The minimum absolute atomic E-state index is 0.703. The highest BCUT2D eigenvalue weighted by molar-refractivity contribution is 7.99. The van der Waals surface area contributed by atoms with Gasteiger partial charge < -0.3 is 4.90 Å². The van der Waals surface area contributed by atoms with Gasteiger partial charge in [0, 0.05) is 10.6 Å².